The van der Waals surface area contributed by atoms with Crippen LogP contribution < -0.4 is 20.2 Å². The van der Waals surface area contributed by atoms with Crippen molar-refractivity contribution in [3.8, 4) is 11.5 Å². The first-order valence-corrected chi connectivity index (χ1v) is 12.1. The fourth-order valence-electron chi connectivity index (χ4n) is 2.78. The molecule has 0 bridgehead atoms. The molecule has 0 saturated carbocycles. The normalized spacial score (nSPS) is 10.7. The molecule has 3 aromatic rings. The van der Waals surface area contributed by atoms with E-state index in [1.165, 1.54) is 6.21 Å². The summed E-state index contributed by atoms with van der Waals surface area (Å²) < 4.78 is 12.8. The Balaban J connectivity index is 1.66. The van der Waals surface area contributed by atoms with Gasteiger partial charge in [-0.05, 0) is 76.9 Å². The number of halogens is 3. The lowest BCUT2D eigenvalue weighted by Gasteiger charge is -2.15. The molecule has 2 N–H and O–H groups in total. The van der Waals surface area contributed by atoms with Gasteiger partial charge in [-0.1, -0.05) is 39.7 Å². The highest BCUT2D eigenvalue weighted by atomic mass is 79.9. The monoisotopic (exact) mass is 607 g/mol. The van der Waals surface area contributed by atoms with Crippen LogP contribution in [0.1, 0.15) is 22.8 Å². The van der Waals surface area contributed by atoms with Crippen LogP contribution in [0.4, 0.5) is 5.69 Å². The van der Waals surface area contributed by atoms with Crippen molar-refractivity contribution in [3.05, 3.63) is 85.8 Å². The third kappa shape index (κ3) is 7.31. The number of nitrogens with zero attached hydrogens (tertiary/aromatic N) is 1. The zero-order valence-corrected chi connectivity index (χ0v) is 21.9. The predicted molar refractivity (Wildman–Crippen MR) is 140 cm³/mol. The summed E-state index contributed by atoms with van der Waals surface area (Å²) in [6, 6.07) is 17.3. The lowest BCUT2D eigenvalue weighted by molar-refractivity contribution is -0.118. The van der Waals surface area contributed by atoms with Gasteiger partial charge in [-0.25, -0.2) is 5.43 Å². The topological polar surface area (TPSA) is 89.0 Å². The molecule has 0 aliphatic carbocycles. The minimum absolute atomic E-state index is 0.249. The van der Waals surface area contributed by atoms with Gasteiger partial charge in [0.05, 0.1) is 28.0 Å². The SMILES string of the molecule is CCOc1cc(/C=N/NC(=O)c2ccc(Br)cc2)cc(Br)c1OCC(=O)Nc1ccccc1Cl. The van der Waals surface area contributed by atoms with Crippen molar-refractivity contribution in [1.82, 2.24) is 5.43 Å². The molecule has 0 aromatic heterocycles. The molecule has 0 heterocycles. The third-order valence-corrected chi connectivity index (χ3v) is 5.76. The Bertz CT molecular complexity index is 1200. The van der Waals surface area contributed by atoms with Crippen LogP contribution in [0.25, 0.3) is 0 Å². The number of carbonyl (C=O) groups is 2. The summed E-state index contributed by atoms with van der Waals surface area (Å²) >= 11 is 12.9. The smallest absolute Gasteiger partial charge is 0.271 e. The van der Waals surface area contributed by atoms with Crippen molar-refractivity contribution in [1.29, 1.82) is 0 Å². The van der Waals surface area contributed by atoms with Crippen LogP contribution in [-0.2, 0) is 4.79 Å². The first kappa shape index (κ1) is 25.7. The number of nitrogens with one attached hydrogen (secondary N) is 2. The molecule has 3 aromatic carbocycles. The van der Waals surface area contributed by atoms with E-state index in [4.69, 9.17) is 21.1 Å². The Kier molecular flexibility index (Phi) is 9.50. The van der Waals surface area contributed by atoms with E-state index < -0.39 is 0 Å². The molecule has 3 rings (SSSR count). The predicted octanol–water partition coefficient (Wildman–Crippen LogP) is 6.05. The Morgan fingerprint density at radius 2 is 1.79 bits per heavy atom. The molecule has 2 amide bonds. The van der Waals surface area contributed by atoms with Gasteiger partial charge in [0.2, 0.25) is 0 Å². The number of ether oxygens (including phenoxy) is 2. The molecule has 0 atom stereocenters. The maximum atomic E-state index is 12.3. The number of hydrogen-bond donors (Lipinski definition) is 2. The molecular formula is C24H20Br2ClN3O4. The number of rotatable bonds is 9. The summed E-state index contributed by atoms with van der Waals surface area (Å²) in [7, 11) is 0. The average molecular weight is 610 g/mol. The molecule has 176 valence electrons. The Hall–Kier alpha value is -2.88. The average Bonchev–Trinajstić information content (AvgIpc) is 2.80. The van der Waals surface area contributed by atoms with E-state index in [2.05, 4.69) is 47.7 Å². The molecule has 0 fully saturated rings. The summed E-state index contributed by atoms with van der Waals surface area (Å²) in [5, 5.41) is 7.15. The molecule has 34 heavy (non-hydrogen) atoms. The number of para-hydroxylation sites is 1. The molecule has 10 heteroatoms. The molecule has 0 aliphatic rings. The Morgan fingerprint density at radius 3 is 2.50 bits per heavy atom. The van der Waals surface area contributed by atoms with Gasteiger partial charge in [-0.2, -0.15) is 5.10 Å². The van der Waals surface area contributed by atoms with E-state index in [0.29, 0.717) is 44.4 Å². The van der Waals surface area contributed by atoms with Crippen LogP contribution in [0.5, 0.6) is 11.5 Å². The largest absolute Gasteiger partial charge is 0.490 e. The van der Waals surface area contributed by atoms with Gasteiger partial charge in [0.15, 0.2) is 18.1 Å². The van der Waals surface area contributed by atoms with Crippen LogP contribution in [0.2, 0.25) is 5.02 Å². The molecule has 0 radical (unpaired) electrons. The molecule has 0 aliphatic heterocycles. The van der Waals surface area contributed by atoms with Crippen LogP contribution in [0, 0.1) is 0 Å². The highest BCUT2D eigenvalue weighted by molar-refractivity contribution is 9.10. The second kappa shape index (κ2) is 12.5. The number of benzene rings is 3. The summed E-state index contributed by atoms with van der Waals surface area (Å²) in [4.78, 5) is 24.5. The third-order valence-electron chi connectivity index (χ3n) is 4.31. The summed E-state index contributed by atoms with van der Waals surface area (Å²) in [6.07, 6.45) is 1.48. The van der Waals surface area contributed by atoms with Gasteiger partial charge < -0.3 is 14.8 Å². The van der Waals surface area contributed by atoms with Gasteiger partial charge in [-0.15, -0.1) is 0 Å². The number of hydrazone groups is 1. The summed E-state index contributed by atoms with van der Waals surface area (Å²) in [5.74, 6) is 0.0800. The molecule has 7 nitrogen and oxygen atoms in total. The summed E-state index contributed by atoms with van der Waals surface area (Å²) in [6.45, 7) is 1.97. The van der Waals surface area contributed by atoms with E-state index in [1.54, 1.807) is 60.7 Å². The fraction of sp³-hybridized carbons (Fsp3) is 0.125. The van der Waals surface area contributed by atoms with E-state index in [-0.39, 0.29) is 18.4 Å². The van der Waals surface area contributed by atoms with Crippen molar-refractivity contribution >= 4 is 67.2 Å². The number of amides is 2. The first-order valence-electron chi connectivity index (χ1n) is 10.1. The van der Waals surface area contributed by atoms with Crippen molar-refractivity contribution < 1.29 is 19.1 Å². The number of carbonyl (C=O) groups excluding carboxylic acids is 2. The lowest BCUT2D eigenvalue weighted by atomic mass is 10.2. The Morgan fingerprint density at radius 1 is 1.06 bits per heavy atom. The van der Waals surface area contributed by atoms with Gasteiger partial charge >= 0.3 is 0 Å². The second-order valence-corrected chi connectivity index (χ2v) is 8.96. The van der Waals surface area contributed by atoms with Crippen LogP contribution in [0.3, 0.4) is 0 Å². The molecule has 0 saturated heterocycles. The number of anilines is 1. The zero-order chi connectivity index (χ0) is 24.5. The van der Waals surface area contributed by atoms with Gasteiger partial charge in [0.25, 0.3) is 11.8 Å². The van der Waals surface area contributed by atoms with Gasteiger partial charge in [-0.3, -0.25) is 9.59 Å². The zero-order valence-electron chi connectivity index (χ0n) is 18.0. The van der Waals surface area contributed by atoms with E-state index >= 15 is 0 Å². The van der Waals surface area contributed by atoms with Crippen molar-refractivity contribution in [2.45, 2.75) is 6.92 Å². The summed E-state index contributed by atoms with van der Waals surface area (Å²) in [5.41, 5.74) is 4.12. The van der Waals surface area contributed by atoms with Crippen LogP contribution in [0.15, 0.2) is 74.7 Å². The highest BCUT2D eigenvalue weighted by Crippen LogP contribution is 2.36. The number of hydrogen-bond acceptors (Lipinski definition) is 5. The maximum Gasteiger partial charge on any atom is 0.271 e. The van der Waals surface area contributed by atoms with Crippen LogP contribution in [-0.4, -0.2) is 31.2 Å². The van der Waals surface area contributed by atoms with E-state index in [9.17, 15) is 9.59 Å². The second-order valence-electron chi connectivity index (χ2n) is 6.79. The molecule has 0 unspecified atom stereocenters. The van der Waals surface area contributed by atoms with Gasteiger partial charge in [0, 0.05) is 10.0 Å². The van der Waals surface area contributed by atoms with Crippen molar-refractivity contribution in [2.75, 3.05) is 18.5 Å². The van der Waals surface area contributed by atoms with E-state index in [1.807, 2.05) is 6.92 Å². The molecule has 0 spiro atoms. The van der Waals surface area contributed by atoms with Crippen molar-refractivity contribution in [2.24, 2.45) is 5.10 Å². The van der Waals surface area contributed by atoms with Crippen molar-refractivity contribution in [3.63, 3.8) is 0 Å². The van der Waals surface area contributed by atoms with E-state index in [0.717, 1.165) is 4.47 Å². The lowest BCUT2D eigenvalue weighted by Crippen LogP contribution is -2.20. The quantitative estimate of drug-likeness (QED) is 0.229. The Labute approximate surface area is 218 Å². The van der Waals surface area contributed by atoms with Gasteiger partial charge in [0.1, 0.15) is 0 Å². The minimum atomic E-state index is -0.372. The standard InChI is InChI=1S/C24H20Br2ClN3O4/c1-2-33-21-12-15(13-28-30-24(32)16-7-9-17(25)10-8-16)11-18(26)23(21)34-14-22(31)29-20-6-4-3-5-19(20)27/h3-13H,2,14H2,1H3,(H,29,31)(H,30,32)/b28-13+. The maximum absolute atomic E-state index is 12.3. The first-order chi connectivity index (χ1) is 16.4. The minimum Gasteiger partial charge on any atom is -0.490 e. The molecular weight excluding hydrogens is 590 g/mol. The fourth-order valence-corrected chi connectivity index (χ4v) is 3.80. The van der Waals surface area contributed by atoms with Crippen LogP contribution >= 0.6 is 43.5 Å². The highest BCUT2D eigenvalue weighted by Gasteiger charge is 2.14.